The number of benzene rings is 1. The minimum Gasteiger partial charge on any atom is -0.392 e. The molecular formula is C16H24OS. The molecule has 0 fully saturated rings. The fraction of sp³-hybridized carbons (Fsp3) is 0.625. The number of thioether (sulfide) groups is 1. The molecule has 0 bridgehead atoms. The second-order valence-electron chi connectivity index (χ2n) is 6.55. The van der Waals surface area contributed by atoms with Gasteiger partial charge in [0.05, 0.1) is 6.10 Å². The lowest BCUT2D eigenvalue weighted by atomic mass is 9.70. The van der Waals surface area contributed by atoms with E-state index in [1.165, 1.54) is 16.0 Å². The van der Waals surface area contributed by atoms with Crippen molar-refractivity contribution in [2.75, 3.05) is 0 Å². The van der Waals surface area contributed by atoms with Gasteiger partial charge in [0.15, 0.2) is 0 Å². The zero-order chi connectivity index (χ0) is 13.7. The summed E-state index contributed by atoms with van der Waals surface area (Å²) in [6, 6.07) is 6.46. The van der Waals surface area contributed by atoms with Crippen LogP contribution in [0.15, 0.2) is 23.1 Å². The van der Waals surface area contributed by atoms with E-state index in [9.17, 15) is 5.11 Å². The quantitative estimate of drug-likeness (QED) is 0.751. The average Bonchev–Trinajstić information content (AvgIpc) is 2.30. The molecule has 1 aliphatic heterocycles. The number of fused-ring (bicyclic) bond motifs is 1. The van der Waals surface area contributed by atoms with Gasteiger partial charge in [-0.1, -0.05) is 32.9 Å². The zero-order valence-corrected chi connectivity index (χ0v) is 13.1. The van der Waals surface area contributed by atoms with Gasteiger partial charge in [-0.2, -0.15) is 0 Å². The molecule has 2 atom stereocenters. The molecule has 0 aliphatic carbocycles. The lowest BCUT2D eigenvalue weighted by Crippen LogP contribution is -2.46. The van der Waals surface area contributed by atoms with E-state index in [2.05, 4.69) is 59.7 Å². The van der Waals surface area contributed by atoms with Crippen LogP contribution in [0.5, 0.6) is 0 Å². The summed E-state index contributed by atoms with van der Waals surface area (Å²) >= 11 is 1.90. The fourth-order valence-corrected chi connectivity index (χ4v) is 4.41. The van der Waals surface area contributed by atoms with Crippen molar-refractivity contribution in [2.24, 2.45) is 5.41 Å². The summed E-state index contributed by atoms with van der Waals surface area (Å²) in [5.74, 6) is 0.186. The standard InChI is InChI=1S/C16H24OS/c1-10-8-7-9-12-13(10)11(2)14(17)15(3,4)16(5,6)18-12/h7-9,11,14,17H,1-6H3. The van der Waals surface area contributed by atoms with Crippen molar-refractivity contribution in [2.45, 2.75) is 63.2 Å². The minimum atomic E-state index is -0.317. The Bertz CT molecular complexity index is 462. The molecule has 1 heterocycles. The average molecular weight is 264 g/mol. The molecular weight excluding hydrogens is 240 g/mol. The molecule has 2 unspecified atom stereocenters. The van der Waals surface area contributed by atoms with Crippen molar-refractivity contribution in [1.82, 2.24) is 0 Å². The molecule has 0 radical (unpaired) electrons. The van der Waals surface area contributed by atoms with Gasteiger partial charge in [0.25, 0.3) is 0 Å². The molecule has 0 amide bonds. The molecule has 1 aliphatic rings. The third kappa shape index (κ3) is 1.90. The first-order chi connectivity index (χ1) is 8.18. The van der Waals surface area contributed by atoms with Gasteiger partial charge in [-0.3, -0.25) is 0 Å². The number of aryl methyl sites for hydroxylation is 1. The topological polar surface area (TPSA) is 20.2 Å². The van der Waals surface area contributed by atoms with Crippen LogP contribution >= 0.6 is 11.8 Å². The van der Waals surface area contributed by atoms with Crippen LogP contribution in [0.1, 0.15) is 51.7 Å². The van der Waals surface area contributed by atoms with E-state index in [1.807, 2.05) is 11.8 Å². The normalized spacial score (nSPS) is 29.5. The molecule has 0 spiro atoms. The zero-order valence-electron chi connectivity index (χ0n) is 12.2. The third-order valence-electron chi connectivity index (χ3n) is 4.87. The highest BCUT2D eigenvalue weighted by Gasteiger charge is 2.48. The summed E-state index contributed by atoms with van der Waals surface area (Å²) in [5, 5.41) is 10.8. The highest BCUT2D eigenvalue weighted by Crippen LogP contribution is 2.55. The van der Waals surface area contributed by atoms with E-state index < -0.39 is 0 Å². The molecule has 2 heteroatoms. The van der Waals surface area contributed by atoms with Gasteiger partial charge in [0, 0.05) is 21.0 Å². The van der Waals surface area contributed by atoms with Crippen molar-refractivity contribution >= 4 is 11.8 Å². The van der Waals surface area contributed by atoms with Crippen LogP contribution in [0.25, 0.3) is 0 Å². The van der Waals surface area contributed by atoms with Crippen LogP contribution in [0.4, 0.5) is 0 Å². The van der Waals surface area contributed by atoms with E-state index in [-0.39, 0.29) is 22.2 Å². The largest absolute Gasteiger partial charge is 0.392 e. The molecule has 2 rings (SSSR count). The molecule has 1 aromatic rings. The van der Waals surface area contributed by atoms with Crippen LogP contribution in [0.3, 0.4) is 0 Å². The van der Waals surface area contributed by atoms with Gasteiger partial charge in [0.2, 0.25) is 0 Å². The number of rotatable bonds is 0. The van der Waals surface area contributed by atoms with E-state index in [0.717, 1.165) is 0 Å². The summed E-state index contributed by atoms with van der Waals surface area (Å²) in [7, 11) is 0. The molecule has 0 aromatic heterocycles. The summed E-state index contributed by atoms with van der Waals surface area (Å²) in [6.45, 7) is 13.1. The second kappa shape index (κ2) is 4.28. The maximum absolute atomic E-state index is 10.8. The van der Waals surface area contributed by atoms with Crippen LogP contribution in [-0.4, -0.2) is 16.0 Å². The van der Waals surface area contributed by atoms with Crippen LogP contribution in [-0.2, 0) is 0 Å². The Morgan fingerprint density at radius 1 is 1.17 bits per heavy atom. The van der Waals surface area contributed by atoms with Gasteiger partial charge in [0.1, 0.15) is 0 Å². The molecule has 1 N–H and O–H groups in total. The number of aliphatic hydroxyl groups is 1. The molecule has 100 valence electrons. The van der Waals surface area contributed by atoms with Crippen molar-refractivity contribution in [3.8, 4) is 0 Å². The molecule has 0 saturated heterocycles. The Morgan fingerprint density at radius 3 is 2.39 bits per heavy atom. The Kier molecular flexibility index (Phi) is 3.31. The van der Waals surface area contributed by atoms with Gasteiger partial charge >= 0.3 is 0 Å². The molecule has 1 aromatic carbocycles. The monoisotopic (exact) mass is 264 g/mol. The van der Waals surface area contributed by atoms with Gasteiger partial charge in [-0.05, 0) is 38.0 Å². The SMILES string of the molecule is Cc1cccc2c1C(C)C(O)C(C)(C)C(C)(C)S2. The molecule has 1 nitrogen and oxygen atoms in total. The first kappa shape index (κ1) is 14.0. The highest BCUT2D eigenvalue weighted by molar-refractivity contribution is 8.00. The number of hydrogen-bond donors (Lipinski definition) is 1. The molecule has 0 saturated carbocycles. The summed E-state index contributed by atoms with van der Waals surface area (Å²) < 4.78 is 0.0136. The van der Waals surface area contributed by atoms with Gasteiger partial charge < -0.3 is 5.11 Å². The Labute approximate surface area is 115 Å². The predicted octanol–water partition coefficient (Wildman–Crippen LogP) is 4.37. The Hall–Kier alpha value is -0.470. The summed E-state index contributed by atoms with van der Waals surface area (Å²) in [5.41, 5.74) is 2.50. The van der Waals surface area contributed by atoms with Crippen molar-refractivity contribution in [3.05, 3.63) is 29.3 Å². The lowest BCUT2D eigenvalue weighted by Gasteiger charge is -2.43. The number of aliphatic hydroxyl groups excluding tert-OH is 1. The third-order valence-corrected chi connectivity index (χ3v) is 6.48. The Morgan fingerprint density at radius 2 is 1.78 bits per heavy atom. The van der Waals surface area contributed by atoms with Crippen molar-refractivity contribution in [1.29, 1.82) is 0 Å². The van der Waals surface area contributed by atoms with E-state index >= 15 is 0 Å². The molecule has 18 heavy (non-hydrogen) atoms. The number of hydrogen-bond acceptors (Lipinski definition) is 2. The van der Waals surface area contributed by atoms with Crippen molar-refractivity contribution in [3.63, 3.8) is 0 Å². The van der Waals surface area contributed by atoms with Crippen LogP contribution in [0, 0.1) is 12.3 Å². The van der Waals surface area contributed by atoms with E-state index in [4.69, 9.17) is 0 Å². The van der Waals surface area contributed by atoms with E-state index in [0.29, 0.717) is 0 Å². The predicted molar refractivity (Wildman–Crippen MR) is 79.3 cm³/mol. The smallest absolute Gasteiger partial charge is 0.0670 e. The lowest BCUT2D eigenvalue weighted by molar-refractivity contribution is 0.0137. The van der Waals surface area contributed by atoms with Crippen molar-refractivity contribution < 1.29 is 5.11 Å². The van der Waals surface area contributed by atoms with Crippen LogP contribution < -0.4 is 0 Å². The first-order valence-corrected chi connectivity index (χ1v) is 7.46. The Balaban J connectivity index is 2.64. The second-order valence-corrected chi connectivity index (χ2v) is 8.22. The maximum Gasteiger partial charge on any atom is 0.0670 e. The summed E-state index contributed by atoms with van der Waals surface area (Å²) in [4.78, 5) is 1.33. The van der Waals surface area contributed by atoms with Crippen LogP contribution in [0.2, 0.25) is 0 Å². The summed E-state index contributed by atoms with van der Waals surface area (Å²) in [6.07, 6.45) is -0.317. The first-order valence-electron chi connectivity index (χ1n) is 6.65. The van der Waals surface area contributed by atoms with Gasteiger partial charge in [-0.15, -0.1) is 11.8 Å². The van der Waals surface area contributed by atoms with E-state index in [1.54, 1.807) is 0 Å². The fourth-order valence-electron chi connectivity index (χ4n) is 2.87. The maximum atomic E-state index is 10.8. The minimum absolute atomic E-state index is 0.0136. The van der Waals surface area contributed by atoms with Gasteiger partial charge in [-0.25, -0.2) is 0 Å². The highest BCUT2D eigenvalue weighted by atomic mass is 32.2.